The maximum absolute atomic E-state index is 12.3. The number of carbonyl (C=O) groups is 2. The van der Waals surface area contributed by atoms with Gasteiger partial charge in [-0.15, -0.1) is 0 Å². The van der Waals surface area contributed by atoms with Crippen molar-refractivity contribution in [2.24, 2.45) is 5.92 Å². The van der Waals surface area contributed by atoms with E-state index in [-0.39, 0.29) is 25.1 Å². The van der Waals surface area contributed by atoms with Crippen molar-refractivity contribution in [3.63, 3.8) is 0 Å². The summed E-state index contributed by atoms with van der Waals surface area (Å²) in [7, 11) is 0. The normalized spacial score (nSPS) is 11.8. The van der Waals surface area contributed by atoms with E-state index in [0.717, 1.165) is 11.1 Å². The van der Waals surface area contributed by atoms with Gasteiger partial charge in [0, 0.05) is 0 Å². The van der Waals surface area contributed by atoms with Crippen LogP contribution in [0.3, 0.4) is 0 Å². The third-order valence-corrected chi connectivity index (χ3v) is 3.67. The first-order valence-electron chi connectivity index (χ1n) is 8.48. The van der Waals surface area contributed by atoms with Crippen molar-refractivity contribution in [3.05, 3.63) is 71.8 Å². The zero-order chi connectivity index (χ0) is 18.1. The number of esters is 2. The van der Waals surface area contributed by atoms with Gasteiger partial charge in [0.1, 0.15) is 6.61 Å². The molecule has 1 atom stereocenters. The molecule has 0 unspecified atom stereocenters. The summed E-state index contributed by atoms with van der Waals surface area (Å²) in [6.45, 7) is 3.80. The van der Waals surface area contributed by atoms with E-state index in [0.29, 0.717) is 6.42 Å². The molecular formula is C21H24O4. The maximum atomic E-state index is 12.3. The standard InChI is InChI=1S/C21H24O4/c1-16(2)25-21(23)19(13-17-9-5-3-6-10-17)14-20(22)24-15-18-11-7-4-8-12-18/h3-12,16,19H,13-15H2,1-2H3/t19-/m0/s1. The molecule has 25 heavy (non-hydrogen) atoms. The van der Waals surface area contributed by atoms with Crippen LogP contribution in [-0.2, 0) is 32.1 Å². The van der Waals surface area contributed by atoms with Gasteiger partial charge in [-0.2, -0.15) is 0 Å². The van der Waals surface area contributed by atoms with E-state index in [2.05, 4.69) is 0 Å². The summed E-state index contributed by atoms with van der Waals surface area (Å²) < 4.78 is 10.6. The van der Waals surface area contributed by atoms with Crippen LogP contribution in [0.4, 0.5) is 0 Å². The Bertz CT molecular complexity index is 665. The van der Waals surface area contributed by atoms with Gasteiger partial charge in [0.15, 0.2) is 0 Å². The number of ether oxygens (including phenoxy) is 2. The first-order chi connectivity index (χ1) is 12.0. The van der Waals surface area contributed by atoms with Gasteiger partial charge >= 0.3 is 11.9 Å². The van der Waals surface area contributed by atoms with Crippen molar-refractivity contribution in [2.45, 2.75) is 39.4 Å². The first kappa shape index (κ1) is 18.7. The fourth-order valence-electron chi connectivity index (χ4n) is 2.46. The van der Waals surface area contributed by atoms with Crippen LogP contribution in [0.2, 0.25) is 0 Å². The largest absolute Gasteiger partial charge is 0.463 e. The van der Waals surface area contributed by atoms with E-state index in [9.17, 15) is 9.59 Å². The van der Waals surface area contributed by atoms with Crippen molar-refractivity contribution in [3.8, 4) is 0 Å². The van der Waals surface area contributed by atoms with Crippen LogP contribution in [0, 0.1) is 5.92 Å². The van der Waals surface area contributed by atoms with Crippen LogP contribution in [0.25, 0.3) is 0 Å². The minimum Gasteiger partial charge on any atom is -0.463 e. The SMILES string of the molecule is CC(C)OC(=O)[C@H](CC(=O)OCc1ccccc1)Cc1ccccc1. The Morgan fingerprint density at radius 2 is 1.44 bits per heavy atom. The molecule has 0 radical (unpaired) electrons. The van der Waals surface area contributed by atoms with Crippen molar-refractivity contribution >= 4 is 11.9 Å². The fraction of sp³-hybridized carbons (Fsp3) is 0.333. The highest BCUT2D eigenvalue weighted by Crippen LogP contribution is 2.17. The third-order valence-electron chi connectivity index (χ3n) is 3.67. The summed E-state index contributed by atoms with van der Waals surface area (Å²) in [6, 6.07) is 19.1. The van der Waals surface area contributed by atoms with Crippen LogP contribution < -0.4 is 0 Å². The van der Waals surface area contributed by atoms with Crippen molar-refractivity contribution in [1.82, 2.24) is 0 Å². The monoisotopic (exact) mass is 340 g/mol. The van der Waals surface area contributed by atoms with Crippen molar-refractivity contribution in [1.29, 1.82) is 0 Å². The van der Waals surface area contributed by atoms with Gasteiger partial charge in [-0.25, -0.2) is 0 Å². The first-order valence-corrected chi connectivity index (χ1v) is 8.48. The molecule has 0 saturated carbocycles. The summed E-state index contributed by atoms with van der Waals surface area (Å²) in [6.07, 6.45) is 0.242. The van der Waals surface area contributed by atoms with E-state index in [1.165, 1.54) is 0 Å². The third kappa shape index (κ3) is 6.79. The van der Waals surface area contributed by atoms with E-state index >= 15 is 0 Å². The van der Waals surface area contributed by atoms with E-state index in [4.69, 9.17) is 9.47 Å². The second kappa shape index (κ2) is 9.62. The molecule has 0 aliphatic heterocycles. The smallest absolute Gasteiger partial charge is 0.310 e. The van der Waals surface area contributed by atoms with Gasteiger partial charge in [0.05, 0.1) is 18.4 Å². The molecule has 4 nitrogen and oxygen atoms in total. The van der Waals surface area contributed by atoms with Gasteiger partial charge in [0.2, 0.25) is 0 Å². The zero-order valence-electron chi connectivity index (χ0n) is 14.7. The van der Waals surface area contributed by atoms with Gasteiger partial charge in [-0.3, -0.25) is 9.59 Å². The average Bonchev–Trinajstić information content (AvgIpc) is 2.60. The Labute approximate surface area is 148 Å². The molecule has 4 heteroatoms. The molecule has 0 fully saturated rings. The van der Waals surface area contributed by atoms with E-state index < -0.39 is 11.9 Å². The van der Waals surface area contributed by atoms with Crippen LogP contribution in [-0.4, -0.2) is 18.0 Å². The highest BCUT2D eigenvalue weighted by Gasteiger charge is 2.25. The molecular weight excluding hydrogens is 316 g/mol. The molecule has 0 aliphatic carbocycles. The number of rotatable bonds is 8. The quantitative estimate of drug-likeness (QED) is 0.683. The summed E-state index contributed by atoms with van der Waals surface area (Å²) >= 11 is 0. The van der Waals surface area contributed by atoms with Gasteiger partial charge in [-0.1, -0.05) is 60.7 Å². The average molecular weight is 340 g/mol. The van der Waals surface area contributed by atoms with Crippen LogP contribution in [0.5, 0.6) is 0 Å². The molecule has 132 valence electrons. The summed E-state index contributed by atoms with van der Waals surface area (Å²) in [5.74, 6) is -1.31. The lowest BCUT2D eigenvalue weighted by molar-refractivity contribution is -0.158. The zero-order valence-corrected chi connectivity index (χ0v) is 14.7. The second-order valence-corrected chi connectivity index (χ2v) is 6.22. The molecule has 0 saturated heterocycles. The molecule has 0 N–H and O–H groups in total. The molecule has 0 aromatic heterocycles. The highest BCUT2D eigenvalue weighted by molar-refractivity contribution is 5.80. The lowest BCUT2D eigenvalue weighted by Crippen LogP contribution is -2.26. The molecule has 2 aromatic rings. The fourth-order valence-corrected chi connectivity index (χ4v) is 2.46. The van der Waals surface area contributed by atoms with Crippen LogP contribution >= 0.6 is 0 Å². The lowest BCUT2D eigenvalue weighted by atomic mass is 9.96. The summed E-state index contributed by atoms with van der Waals surface area (Å²) in [5, 5.41) is 0. The predicted molar refractivity (Wildman–Crippen MR) is 95.7 cm³/mol. The summed E-state index contributed by atoms with van der Waals surface area (Å²) in [4.78, 5) is 24.5. The Morgan fingerprint density at radius 1 is 0.880 bits per heavy atom. The van der Waals surface area contributed by atoms with Crippen LogP contribution in [0.1, 0.15) is 31.4 Å². The van der Waals surface area contributed by atoms with Crippen molar-refractivity contribution < 1.29 is 19.1 Å². The molecule has 0 heterocycles. The number of carbonyl (C=O) groups excluding carboxylic acids is 2. The second-order valence-electron chi connectivity index (χ2n) is 6.22. The van der Waals surface area contributed by atoms with Gasteiger partial charge in [-0.05, 0) is 31.4 Å². The number of hydrogen-bond donors (Lipinski definition) is 0. The molecule has 0 spiro atoms. The van der Waals surface area contributed by atoms with Gasteiger partial charge in [0.25, 0.3) is 0 Å². The van der Waals surface area contributed by atoms with Crippen molar-refractivity contribution in [2.75, 3.05) is 0 Å². The highest BCUT2D eigenvalue weighted by atomic mass is 16.5. The molecule has 0 aliphatic rings. The number of hydrogen-bond acceptors (Lipinski definition) is 4. The maximum Gasteiger partial charge on any atom is 0.310 e. The Hall–Kier alpha value is -2.62. The van der Waals surface area contributed by atoms with E-state index in [1.54, 1.807) is 13.8 Å². The molecule has 2 aromatic carbocycles. The van der Waals surface area contributed by atoms with Crippen LogP contribution in [0.15, 0.2) is 60.7 Å². The minimum atomic E-state index is -0.548. The Morgan fingerprint density at radius 3 is 2.00 bits per heavy atom. The Kier molecular flexibility index (Phi) is 7.20. The molecule has 0 bridgehead atoms. The van der Waals surface area contributed by atoms with E-state index in [1.807, 2.05) is 60.7 Å². The lowest BCUT2D eigenvalue weighted by Gasteiger charge is -2.17. The van der Waals surface area contributed by atoms with Gasteiger partial charge < -0.3 is 9.47 Å². The summed E-state index contributed by atoms with van der Waals surface area (Å²) in [5.41, 5.74) is 1.91. The molecule has 0 amide bonds. The number of benzene rings is 2. The Balaban J connectivity index is 1.96. The molecule has 2 rings (SSSR count). The predicted octanol–water partition coefficient (Wildman–Crippen LogP) is 3.93. The minimum absolute atomic E-state index is 0.00722. The topological polar surface area (TPSA) is 52.6 Å².